The van der Waals surface area contributed by atoms with E-state index in [4.69, 9.17) is 0 Å². The predicted molar refractivity (Wildman–Crippen MR) is 78.0 cm³/mol. The number of aromatic nitrogens is 1. The van der Waals surface area contributed by atoms with E-state index in [-0.39, 0.29) is 12.4 Å². The summed E-state index contributed by atoms with van der Waals surface area (Å²) in [5, 5.41) is 3.42. The molecule has 0 aliphatic carbocycles. The van der Waals surface area contributed by atoms with Gasteiger partial charge in [0.05, 0.1) is 5.69 Å². The van der Waals surface area contributed by atoms with Crippen molar-refractivity contribution in [2.75, 3.05) is 26.2 Å². The minimum absolute atomic E-state index is 0. The number of pyridine rings is 1. The molecule has 1 fully saturated rings. The highest BCUT2D eigenvalue weighted by Crippen LogP contribution is 2.14. The van der Waals surface area contributed by atoms with Crippen LogP contribution in [-0.4, -0.2) is 36.1 Å². The van der Waals surface area contributed by atoms with Crippen LogP contribution in [0.5, 0.6) is 0 Å². The molecule has 2 heterocycles. The molecule has 0 saturated carbocycles. The first-order chi connectivity index (χ1) is 8.38. The minimum Gasteiger partial charge on any atom is -0.317 e. The second kappa shape index (κ2) is 8.46. The van der Waals surface area contributed by atoms with E-state index in [1.807, 2.05) is 12.3 Å². The molecule has 1 aliphatic heterocycles. The Hall–Kier alpha value is -0.640. The van der Waals surface area contributed by atoms with Crippen LogP contribution >= 0.6 is 12.4 Å². The number of nitrogens with zero attached hydrogens (tertiary/aromatic N) is 2. The van der Waals surface area contributed by atoms with Crippen molar-refractivity contribution in [3.05, 3.63) is 30.1 Å². The van der Waals surface area contributed by atoms with E-state index < -0.39 is 0 Å². The van der Waals surface area contributed by atoms with Crippen LogP contribution < -0.4 is 5.32 Å². The molecule has 1 aromatic rings. The number of nitrogens with one attached hydrogen (secondary N) is 1. The van der Waals surface area contributed by atoms with Gasteiger partial charge in [-0.1, -0.05) is 13.0 Å². The third kappa shape index (κ3) is 4.92. The van der Waals surface area contributed by atoms with Gasteiger partial charge in [-0.15, -0.1) is 12.4 Å². The van der Waals surface area contributed by atoms with Crippen molar-refractivity contribution in [3.63, 3.8) is 0 Å². The molecule has 0 atom stereocenters. The molecule has 4 heteroatoms. The van der Waals surface area contributed by atoms with Gasteiger partial charge in [-0.25, -0.2) is 0 Å². The molecule has 0 spiro atoms. The van der Waals surface area contributed by atoms with Crippen LogP contribution in [0, 0.1) is 5.92 Å². The zero-order chi connectivity index (χ0) is 11.9. The monoisotopic (exact) mass is 269 g/mol. The average molecular weight is 270 g/mol. The summed E-state index contributed by atoms with van der Waals surface area (Å²) in [6, 6.07) is 6.17. The van der Waals surface area contributed by atoms with Crippen LogP contribution in [0.15, 0.2) is 24.4 Å². The molecule has 0 bridgehead atoms. The summed E-state index contributed by atoms with van der Waals surface area (Å²) in [5.41, 5.74) is 1.18. The number of halogens is 1. The molecule has 1 aliphatic rings. The number of hydrogen-bond acceptors (Lipinski definition) is 3. The molecule has 1 saturated heterocycles. The average Bonchev–Trinajstić information content (AvgIpc) is 2.40. The molecule has 0 unspecified atom stereocenters. The lowest BCUT2D eigenvalue weighted by Crippen LogP contribution is -2.36. The van der Waals surface area contributed by atoms with E-state index in [2.05, 4.69) is 34.3 Å². The van der Waals surface area contributed by atoms with Crippen LogP contribution in [0.25, 0.3) is 0 Å². The molecule has 0 amide bonds. The Bertz CT molecular complexity index is 312. The zero-order valence-corrected chi connectivity index (χ0v) is 12.0. The third-order valence-corrected chi connectivity index (χ3v) is 3.53. The van der Waals surface area contributed by atoms with Gasteiger partial charge in [-0.2, -0.15) is 0 Å². The van der Waals surface area contributed by atoms with Gasteiger partial charge in [-0.05, 0) is 50.5 Å². The van der Waals surface area contributed by atoms with Gasteiger partial charge in [-0.3, -0.25) is 9.88 Å². The Morgan fingerprint density at radius 1 is 1.33 bits per heavy atom. The van der Waals surface area contributed by atoms with Gasteiger partial charge in [0.2, 0.25) is 0 Å². The van der Waals surface area contributed by atoms with Crippen molar-refractivity contribution in [1.82, 2.24) is 15.2 Å². The first-order valence-electron chi connectivity index (χ1n) is 6.71. The first kappa shape index (κ1) is 15.4. The van der Waals surface area contributed by atoms with E-state index in [9.17, 15) is 0 Å². The highest BCUT2D eigenvalue weighted by molar-refractivity contribution is 5.85. The number of rotatable bonds is 5. The minimum atomic E-state index is 0. The van der Waals surface area contributed by atoms with Gasteiger partial charge >= 0.3 is 0 Å². The summed E-state index contributed by atoms with van der Waals surface area (Å²) in [6.45, 7) is 7.93. The lowest BCUT2D eigenvalue weighted by molar-refractivity contribution is 0.205. The third-order valence-electron chi connectivity index (χ3n) is 3.53. The molecule has 0 radical (unpaired) electrons. The van der Waals surface area contributed by atoms with E-state index in [0.29, 0.717) is 0 Å². The van der Waals surface area contributed by atoms with Crippen molar-refractivity contribution in [2.45, 2.75) is 26.3 Å². The van der Waals surface area contributed by atoms with Gasteiger partial charge in [0.15, 0.2) is 0 Å². The van der Waals surface area contributed by atoms with Crippen LogP contribution in [-0.2, 0) is 6.54 Å². The highest BCUT2D eigenvalue weighted by Gasteiger charge is 2.16. The number of piperidine rings is 1. The molecule has 0 aromatic carbocycles. The Balaban J connectivity index is 0.00000162. The second-order valence-electron chi connectivity index (χ2n) is 4.84. The molecule has 18 heavy (non-hydrogen) atoms. The molecule has 3 nitrogen and oxygen atoms in total. The van der Waals surface area contributed by atoms with Crippen molar-refractivity contribution < 1.29 is 0 Å². The lowest BCUT2D eigenvalue weighted by atomic mass is 9.97. The fraction of sp³-hybridized carbons (Fsp3) is 0.643. The SMILES string of the molecule is CCN(Cc1ccccn1)CC1CCNCC1.Cl. The standard InChI is InChI=1S/C14H23N3.ClH/c1-2-17(11-13-6-9-15-10-7-13)12-14-5-3-4-8-16-14;/h3-5,8,13,15H,2,6-7,9-12H2,1H3;1H. The van der Waals surface area contributed by atoms with Crippen LogP contribution in [0.2, 0.25) is 0 Å². The van der Waals surface area contributed by atoms with Crippen LogP contribution in [0.4, 0.5) is 0 Å². The number of hydrogen-bond donors (Lipinski definition) is 1. The maximum atomic E-state index is 4.41. The van der Waals surface area contributed by atoms with E-state index in [0.717, 1.165) is 19.0 Å². The molecule has 1 aromatic heterocycles. The lowest BCUT2D eigenvalue weighted by Gasteiger charge is -2.29. The van der Waals surface area contributed by atoms with Gasteiger partial charge in [0.1, 0.15) is 0 Å². The molecule has 2 rings (SSSR count). The summed E-state index contributed by atoms with van der Waals surface area (Å²) in [7, 11) is 0. The maximum Gasteiger partial charge on any atom is 0.0543 e. The van der Waals surface area contributed by atoms with Gasteiger partial charge in [0.25, 0.3) is 0 Å². The molecule has 102 valence electrons. The normalized spacial score (nSPS) is 16.6. The van der Waals surface area contributed by atoms with Crippen molar-refractivity contribution in [3.8, 4) is 0 Å². The van der Waals surface area contributed by atoms with E-state index in [1.165, 1.54) is 38.2 Å². The molecule has 1 N–H and O–H groups in total. The Kier molecular flexibility index (Phi) is 7.25. The van der Waals surface area contributed by atoms with Crippen LogP contribution in [0.3, 0.4) is 0 Å². The summed E-state index contributed by atoms with van der Waals surface area (Å²) in [4.78, 5) is 6.92. The van der Waals surface area contributed by atoms with Crippen molar-refractivity contribution in [1.29, 1.82) is 0 Å². The highest BCUT2D eigenvalue weighted by atomic mass is 35.5. The maximum absolute atomic E-state index is 4.41. The first-order valence-corrected chi connectivity index (χ1v) is 6.71. The van der Waals surface area contributed by atoms with E-state index in [1.54, 1.807) is 0 Å². The second-order valence-corrected chi connectivity index (χ2v) is 4.84. The fourth-order valence-electron chi connectivity index (χ4n) is 2.46. The molecular weight excluding hydrogens is 246 g/mol. The summed E-state index contributed by atoms with van der Waals surface area (Å²) >= 11 is 0. The Morgan fingerprint density at radius 2 is 2.11 bits per heavy atom. The molecular formula is C14H24ClN3. The fourth-order valence-corrected chi connectivity index (χ4v) is 2.46. The van der Waals surface area contributed by atoms with Crippen LogP contribution in [0.1, 0.15) is 25.5 Å². The van der Waals surface area contributed by atoms with Crippen molar-refractivity contribution >= 4 is 12.4 Å². The summed E-state index contributed by atoms with van der Waals surface area (Å²) < 4.78 is 0. The quantitative estimate of drug-likeness (QED) is 0.889. The van der Waals surface area contributed by atoms with E-state index >= 15 is 0 Å². The zero-order valence-electron chi connectivity index (χ0n) is 11.1. The van der Waals surface area contributed by atoms with Gasteiger partial charge in [0, 0.05) is 19.3 Å². The largest absolute Gasteiger partial charge is 0.317 e. The Morgan fingerprint density at radius 3 is 2.72 bits per heavy atom. The smallest absolute Gasteiger partial charge is 0.0543 e. The summed E-state index contributed by atoms with van der Waals surface area (Å²) in [6.07, 6.45) is 4.52. The van der Waals surface area contributed by atoms with Crippen molar-refractivity contribution in [2.24, 2.45) is 5.92 Å². The Labute approximate surface area is 116 Å². The predicted octanol–water partition coefficient (Wildman–Crippen LogP) is 2.32. The summed E-state index contributed by atoms with van der Waals surface area (Å²) in [5.74, 6) is 0.861. The topological polar surface area (TPSA) is 28.2 Å². The van der Waals surface area contributed by atoms with Gasteiger partial charge < -0.3 is 5.32 Å².